The topological polar surface area (TPSA) is 275 Å². The van der Waals surface area contributed by atoms with Crippen molar-refractivity contribution in [2.24, 2.45) is 0 Å². The van der Waals surface area contributed by atoms with Crippen LogP contribution in [0.15, 0.2) is 82.6 Å². The number of hydrogen-bond acceptors (Lipinski definition) is 14. The van der Waals surface area contributed by atoms with Gasteiger partial charge in [-0.3, -0.25) is 20.2 Å². The highest BCUT2D eigenvalue weighted by Gasteiger charge is 2.20. The SMILES string of the molecule is COc1cc([N+](=O)[O-])ccc1[N+]#N.COc1cc([N+](=O)[O-])ccc1[N+]#N.O=S(=O)([O-])c1ccc2ccccc2c1S(=O)(=O)[O-]. The van der Waals surface area contributed by atoms with Crippen molar-refractivity contribution in [1.29, 1.82) is 10.8 Å². The van der Waals surface area contributed by atoms with E-state index in [-0.39, 0.29) is 39.6 Å². The van der Waals surface area contributed by atoms with Gasteiger partial charge >= 0.3 is 11.4 Å². The minimum absolute atomic E-state index is 0.0792. The summed E-state index contributed by atoms with van der Waals surface area (Å²) < 4.78 is 76.0. The molecule has 4 rings (SSSR count). The zero-order valence-electron chi connectivity index (χ0n) is 22.3. The third-order valence-electron chi connectivity index (χ3n) is 5.33. The molecule has 0 radical (unpaired) electrons. The van der Waals surface area contributed by atoms with Crippen LogP contribution in [0.3, 0.4) is 0 Å². The summed E-state index contributed by atoms with van der Waals surface area (Å²) in [4.78, 5) is 23.3. The Kier molecular flexibility index (Phi) is 11.3. The van der Waals surface area contributed by atoms with Gasteiger partial charge in [0.1, 0.15) is 20.2 Å². The molecule has 0 aromatic heterocycles. The maximum absolute atomic E-state index is 11.2. The number of rotatable bonds is 6. The predicted molar refractivity (Wildman–Crippen MR) is 149 cm³/mol. The van der Waals surface area contributed by atoms with E-state index < -0.39 is 39.9 Å². The summed E-state index contributed by atoms with van der Waals surface area (Å²) in [5, 5.41) is 37.8. The van der Waals surface area contributed by atoms with Crippen LogP contribution >= 0.6 is 0 Å². The number of nitro groups is 2. The van der Waals surface area contributed by atoms with Gasteiger partial charge in [0.2, 0.25) is 22.3 Å². The van der Waals surface area contributed by atoms with E-state index in [9.17, 15) is 46.2 Å². The normalized spacial score (nSPS) is 10.5. The molecular weight excluding hydrogens is 628 g/mol. The van der Waals surface area contributed by atoms with E-state index in [2.05, 4.69) is 9.95 Å². The fourth-order valence-corrected chi connectivity index (χ4v) is 5.36. The monoisotopic (exact) mass is 646 g/mol. The average molecular weight is 647 g/mol. The van der Waals surface area contributed by atoms with Gasteiger partial charge in [0.25, 0.3) is 11.4 Å². The second-order valence-electron chi connectivity index (χ2n) is 7.95. The molecule has 20 heteroatoms. The summed E-state index contributed by atoms with van der Waals surface area (Å²) in [5.41, 5.74) is 0.106. The summed E-state index contributed by atoms with van der Waals surface area (Å²) in [7, 11) is -7.43. The molecule has 0 unspecified atom stereocenters. The summed E-state index contributed by atoms with van der Waals surface area (Å²) >= 11 is 0. The van der Waals surface area contributed by atoms with Gasteiger partial charge in [0.15, 0.2) is 9.95 Å². The molecule has 0 spiro atoms. The standard InChI is InChI=1S/C10H8O6S2.2C7H6N3O3/c11-17(12,13)9-6-5-7-3-1-2-4-8(7)10(9)18(14,15)16;2*1-13-7-4-5(10(11)12)2-3-6(7)9-8/h1-6H,(H,11,12,13)(H,14,15,16);2*2-4H,1H3/q;2*+1/p-2. The molecule has 4 aromatic carbocycles. The van der Waals surface area contributed by atoms with E-state index in [1.807, 2.05) is 0 Å². The van der Waals surface area contributed by atoms with E-state index in [1.54, 1.807) is 6.07 Å². The van der Waals surface area contributed by atoms with Crippen LogP contribution in [0.2, 0.25) is 0 Å². The summed E-state index contributed by atoms with van der Waals surface area (Å²) in [6.07, 6.45) is 0. The predicted octanol–water partition coefficient (Wildman–Crippen LogP) is 4.82. The van der Waals surface area contributed by atoms with Crippen molar-refractivity contribution in [3.05, 3.63) is 103 Å². The number of non-ortho nitro benzene ring substituents is 2. The van der Waals surface area contributed by atoms with Crippen LogP contribution in [0.1, 0.15) is 0 Å². The number of nitrogens with zero attached hydrogens (tertiary/aromatic N) is 6. The van der Waals surface area contributed by atoms with Gasteiger partial charge < -0.3 is 18.6 Å². The van der Waals surface area contributed by atoms with E-state index >= 15 is 0 Å². The minimum atomic E-state index is -5.07. The molecule has 0 aliphatic heterocycles. The number of nitro benzene ring substituents is 2. The van der Waals surface area contributed by atoms with Gasteiger partial charge in [-0.25, -0.2) is 16.8 Å². The van der Waals surface area contributed by atoms with Gasteiger partial charge in [0.05, 0.1) is 46.0 Å². The largest absolute Gasteiger partial charge is 0.744 e. The second kappa shape index (κ2) is 14.4. The molecule has 0 fully saturated rings. The molecule has 0 atom stereocenters. The molecule has 44 heavy (non-hydrogen) atoms. The van der Waals surface area contributed by atoms with Crippen molar-refractivity contribution in [3.63, 3.8) is 0 Å². The smallest absolute Gasteiger partial charge is 0.426 e. The molecule has 0 saturated heterocycles. The van der Waals surface area contributed by atoms with E-state index in [0.717, 1.165) is 6.07 Å². The molecule has 4 aromatic rings. The van der Waals surface area contributed by atoms with Crippen LogP contribution < -0.4 is 9.47 Å². The highest BCUT2D eigenvalue weighted by Crippen LogP contribution is 2.32. The van der Waals surface area contributed by atoms with Gasteiger partial charge in [-0.05, 0) is 11.5 Å². The number of ether oxygens (including phenoxy) is 2. The van der Waals surface area contributed by atoms with Gasteiger partial charge in [-0.1, -0.05) is 30.3 Å². The Morgan fingerprint density at radius 1 is 0.682 bits per heavy atom. The first kappa shape index (κ1) is 34.4. The Balaban J connectivity index is 0.000000235. The Bertz CT molecular complexity index is 1960. The number of hydrogen-bond donors (Lipinski definition) is 0. The highest BCUT2D eigenvalue weighted by molar-refractivity contribution is 7.89. The zero-order chi connectivity index (χ0) is 33.2. The van der Waals surface area contributed by atoms with E-state index in [0.29, 0.717) is 5.39 Å². The first-order valence-electron chi connectivity index (χ1n) is 11.4. The first-order chi connectivity index (χ1) is 20.6. The van der Waals surface area contributed by atoms with Crippen LogP contribution in [-0.4, -0.2) is 50.0 Å². The van der Waals surface area contributed by atoms with Crippen molar-refractivity contribution in [2.45, 2.75) is 9.79 Å². The van der Waals surface area contributed by atoms with Gasteiger partial charge in [-0.2, -0.15) is 0 Å². The Labute approximate surface area is 248 Å². The molecule has 18 nitrogen and oxygen atoms in total. The zero-order valence-corrected chi connectivity index (χ0v) is 24.0. The second-order valence-corrected chi connectivity index (χ2v) is 10.6. The van der Waals surface area contributed by atoms with Crippen molar-refractivity contribution in [1.82, 2.24) is 0 Å². The molecule has 0 aliphatic rings. The van der Waals surface area contributed by atoms with Crippen molar-refractivity contribution >= 4 is 53.8 Å². The summed E-state index contributed by atoms with van der Waals surface area (Å²) in [6.45, 7) is 0. The van der Waals surface area contributed by atoms with Crippen molar-refractivity contribution in [3.8, 4) is 11.5 Å². The van der Waals surface area contributed by atoms with E-state index in [4.69, 9.17) is 20.3 Å². The molecule has 228 valence electrons. The lowest BCUT2D eigenvalue weighted by atomic mass is 10.1. The van der Waals surface area contributed by atoms with Crippen LogP contribution in [0, 0.1) is 31.0 Å². The molecule has 0 N–H and O–H groups in total. The number of benzene rings is 4. The number of fused-ring (bicyclic) bond motifs is 1. The fourth-order valence-electron chi connectivity index (χ4n) is 3.40. The van der Waals surface area contributed by atoms with Crippen LogP contribution in [0.25, 0.3) is 20.7 Å². The maximum Gasteiger partial charge on any atom is 0.426 e. The van der Waals surface area contributed by atoms with Gasteiger partial charge in [0, 0.05) is 29.7 Å². The molecule has 0 aliphatic carbocycles. The van der Waals surface area contributed by atoms with Crippen LogP contribution in [0.5, 0.6) is 11.5 Å². The molecule has 0 amide bonds. The first-order valence-corrected chi connectivity index (χ1v) is 14.2. The van der Waals surface area contributed by atoms with Gasteiger partial charge in [-0.15, -0.1) is 0 Å². The lowest BCUT2D eigenvalue weighted by Crippen LogP contribution is -2.09. The Hall–Kier alpha value is -5.80. The molecule has 0 heterocycles. The molecule has 0 saturated carbocycles. The highest BCUT2D eigenvalue weighted by atomic mass is 32.2. The third kappa shape index (κ3) is 8.60. The molecule has 0 bridgehead atoms. The Morgan fingerprint density at radius 2 is 1.14 bits per heavy atom. The Morgan fingerprint density at radius 3 is 1.50 bits per heavy atom. The van der Waals surface area contributed by atoms with Crippen LogP contribution in [0.4, 0.5) is 22.7 Å². The minimum Gasteiger partial charge on any atom is -0.744 e. The fraction of sp³-hybridized carbons (Fsp3) is 0.0833. The number of diazo groups is 2. The maximum atomic E-state index is 11.2. The van der Waals surface area contributed by atoms with Crippen molar-refractivity contribution in [2.75, 3.05) is 14.2 Å². The van der Waals surface area contributed by atoms with Crippen LogP contribution in [-0.2, 0) is 20.2 Å². The lowest BCUT2D eigenvalue weighted by Gasteiger charge is -2.17. The third-order valence-corrected chi connectivity index (χ3v) is 7.27. The van der Waals surface area contributed by atoms with Crippen molar-refractivity contribution < 1.29 is 45.3 Å². The molecular formula is C24H18N6O12S2. The van der Waals surface area contributed by atoms with E-state index in [1.165, 1.54) is 74.9 Å². The summed E-state index contributed by atoms with van der Waals surface area (Å²) in [6, 6.07) is 15.4. The average Bonchev–Trinajstić information content (AvgIpc) is 2.99. The number of methoxy groups -OCH3 is 2. The quantitative estimate of drug-likeness (QED) is 0.117. The summed E-state index contributed by atoms with van der Waals surface area (Å²) in [5.74, 6) is 0.327. The lowest BCUT2D eigenvalue weighted by molar-refractivity contribution is -0.385.